The van der Waals surface area contributed by atoms with Crippen molar-refractivity contribution in [3.8, 4) is 0 Å². The lowest BCUT2D eigenvalue weighted by Gasteiger charge is -2.29. The SMILES string of the molecule is Cc1ccc(S(=O)(=O)N2CCOC(I)C2)cc1. The van der Waals surface area contributed by atoms with Crippen LogP contribution in [0.5, 0.6) is 0 Å². The number of aryl methyl sites for hydroxylation is 1. The van der Waals surface area contributed by atoms with Gasteiger partial charge in [0.05, 0.1) is 11.5 Å². The maximum atomic E-state index is 12.3. The highest BCUT2D eigenvalue weighted by Crippen LogP contribution is 2.20. The largest absolute Gasteiger partial charge is 0.365 e. The quantitative estimate of drug-likeness (QED) is 0.592. The number of rotatable bonds is 2. The molecule has 0 aliphatic carbocycles. The molecule has 0 amide bonds. The lowest BCUT2D eigenvalue weighted by molar-refractivity contribution is 0.0606. The molecule has 1 heterocycles. The lowest BCUT2D eigenvalue weighted by Crippen LogP contribution is -2.43. The Balaban J connectivity index is 2.26. The highest BCUT2D eigenvalue weighted by molar-refractivity contribution is 14.1. The van der Waals surface area contributed by atoms with Crippen molar-refractivity contribution in [3.05, 3.63) is 29.8 Å². The smallest absolute Gasteiger partial charge is 0.243 e. The molecule has 1 saturated heterocycles. The van der Waals surface area contributed by atoms with Crippen LogP contribution >= 0.6 is 22.6 Å². The first-order valence-electron chi connectivity index (χ1n) is 5.32. The summed E-state index contributed by atoms with van der Waals surface area (Å²) in [6.45, 7) is 3.23. The minimum Gasteiger partial charge on any atom is -0.365 e. The van der Waals surface area contributed by atoms with E-state index in [1.807, 2.05) is 19.1 Å². The highest BCUT2D eigenvalue weighted by atomic mass is 127. The minimum absolute atomic E-state index is 0.0680. The second kappa shape index (κ2) is 5.21. The first kappa shape index (κ1) is 13.3. The summed E-state index contributed by atoms with van der Waals surface area (Å²) >= 11 is 2.11. The van der Waals surface area contributed by atoms with Crippen molar-refractivity contribution in [2.75, 3.05) is 19.7 Å². The maximum Gasteiger partial charge on any atom is 0.243 e. The molecule has 1 atom stereocenters. The Morgan fingerprint density at radius 1 is 1.35 bits per heavy atom. The van der Waals surface area contributed by atoms with E-state index in [0.29, 0.717) is 24.6 Å². The summed E-state index contributed by atoms with van der Waals surface area (Å²) in [4.78, 5) is 0.355. The molecule has 1 unspecified atom stereocenters. The number of hydrogen-bond acceptors (Lipinski definition) is 3. The Kier molecular flexibility index (Phi) is 4.06. The van der Waals surface area contributed by atoms with Crippen molar-refractivity contribution in [2.24, 2.45) is 0 Å². The standard InChI is InChI=1S/C11H14INO3S/c1-9-2-4-10(5-3-9)17(14,15)13-6-7-16-11(12)8-13/h2-5,11H,6-8H2,1H3. The van der Waals surface area contributed by atoms with Crippen molar-refractivity contribution >= 4 is 32.6 Å². The molecule has 1 aromatic carbocycles. The van der Waals surface area contributed by atoms with Crippen LogP contribution in [0, 0.1) is 6.92 Å². The summed E-state index contributed by atoms with van der Waals surface area (Å²) in [5.41, 5.74) is 1.05. The first-order valence-corrected chi connectivity index (χ1v) is 8.01. The number of hydrogen-bond donors (Lipinski definition) is 0. The van der Waals surface area contributed by atoms with E-state index in [-0.39, 0.29) is 4.11 Å². The number of alkyl halides is 1. The first-order chi connectivity index (χ1) is 8.00. The van der Waals surface area contributed by atoms with E-state index < -0.39 is 10.0 Å². The van der Waals surface area contributed by atoms with Crippen LogP contribution in [0.15, 0.2) is 29.2 Å². The van der Waals surface area contributed by atoms with Gasteiger partial charge in [0.1, 0.15) is 4.11 Å². The maximum absolute atomic E-state index is 12.3. The number of benzene rings is 1. The fourth-order valence-corrected chi connectivity index (χ4v) is 4.09. The van der Waals surface area contributed by atoms with Gasteiger partial charge in [0.15, 0.2) is 0 Å². The molecule has 94 valence electrons. The van der Waals surface area contributed by atoms with E-state index in [2.05, 4.69) is 22.6 Å². The zero-order valence-electron chi connectivity index (χ0n) is 9.47. The normalized spacial score (nSPS) is 22.6. The van der Waals surface area contributed by atoms with E-state index >= 15 is 0 Å². The summed E-state index contributed by atoms with van der Waals surface area (Å²) in [7, 11) is -3.36. The molecule has 6 heteroatoms. The van der Waals surface area contributed by atoms with Crippen LogP contribution in [-0.2, 0) is 14.8 Å². The number of sulfonamides is 1. The average molecular weight is 367 g/mol. The molecule has 0 radical (unpaired) electrons. The van der Waals surface area contributed by atoms with E-state index in [9.17, 15) is 8.42 Å². The van der Waals surface area contributed by atoms with Crippen LogP contribution in [0.4, 0.5) is 0 Å². The van der Waals surface area contributed by atoms with E-state index in [1.54, 1.807) is 12.1 Å². The third-order valence-electron chi connectivity index (χ3n) is 2.65. The lowest BCUT2D eigenvalue weighted by atomic mass is 10.2. The molecule has 0 saturated carbocycles. The van der Waals surface area contributed by atoms with Gasteiger partial charge in [0.25, 0.3) is 0 Å². The fourth-order valence-electron chi connectivity index (χ4n) is 1.66. The summed E-state index contributed by atoms with van der Waals surface area (Å²) < 4.78 is 31.4. The van der Waals surface area contributed by atoms with Gasteiger partial charge in [-0.25, -0.2) is 8.42 Å². The van der Waals surface area contributed by atoms with E-state index in [4.69, 9.17) is 4.74 Å². The van der Waals surface area contributed by atoms with Gasteiger partial charge < -0.3 is 4.74 Å². The molecular formula is C11H14INO3S. The van der Waals surface area contributed by atoms with Gasteiger partial charge in [-0.05, 0) is 41.6 Å². The number of nitrogens with zero attached hydrogens (tertiary/aromatic N) is 1. The molecule has 2 rings (SSSR count). The van der Waals surface area contributed by atoms with Gasteiger partial charge in [-0.15, -0.1) is 0 Å². The predicted octanol–water partition coefficient (Wildman–Crippen LogP) is 1.78. The van der Waals surface area contributed by atoms with Gasteiger partial charge in [-0.1, -0.05) is 17.7 Å². The summed E-state index contributed by atoms with van der Waals surface area (Å²) in [5, 5.41) is 0. The van der Waals surface area contributed by atoms with E-state index in [1.165, 1.54) is 4.31 Å². The topological polar surface area (TPSA) is 46.6 Å². The number of halogens is 1. The van der Waals surface area contributed by atoms with Crippen LogP contribution in [-0.4, -0.2) is 36.5 Å². The van der Waals surface area contributed by atoms with Crippen molar-refractivity contribution < 1.29 is 13.2 Å². The molecule has 0 spiro atoms. The van der Waals surface area contributed by atoms with Gasteiger partial charge in [-0.2, -0.15) is 4.31 Å². The van der Waals surface area contributed by atoms with Crippen molar-refractivity contribution in [1.82, 2.24) is 4.31 Å². The highest BCUT2D eigenvalue weighted by Gasteiger charge is 2.29. The van der Waals surface area contributed by atoms with Gasteiger partial charge >= 0.3 is 0 Å². The second-order valence-corrected chi connectivity index (χ2v) is 7.28. The Morgan fingerprint density at radius 3 is 2.59 bits per heavy atom. The monoisotopic (exact) mass is 367 g/mol. The van der Waals surface area contributed by atoms with Crippen LogP contribution < -0.4 is 0 Å². The molecule has 1 aromatic rings. The van der Waals surface area contributed by atoms with Crippen molar-refractivity contribution in [3.63, 3.8) is 0 Å². The van der Waals surface area contributed by atoms with Crippen LogP contribution in [0.1, 0.15) is 5.56 Å². The average Bonchev–Trinajstić information content (AvgIpc) is 2.29. The van der Waals surface area contributed by atoms with Gasteiger partial charge in [0, 0.05) is 13.1 Å². The molecule has 1 fully saturated rings. The Hall–Kier alpha value is -0.180. The van der Waals surface area contributed by atoms with Gasteiger partial charge in [0.2, 0.25) is 10.0 Å². The summed E-state index contributed by atoms with van der Waals surface area (Å²) in [6.07, 6.45) is 0. The molecule has 4 nitrogen and oxygen atoms in total. The molecule has 0 bridgehead atoms. The van der Waals surface area contributed by atoms with Crippen molar-refractivity contribution in [1.29, 1.82) is 0 Å². The zero-order valence-corrected chi connectivity index (χ0v) is 12.4. The van der Waals surface area contributed by atoms with Crippen LogP contribution in [0.2, 0.25) is 0 Å². The van der Waals surface area contributed by atoms with Crippen molar-refractivity contribution in [2.45, 2.75) is 15.9 Å². The Morgan fingerprint density at radius 2 is 2.00 bits per heavy atom. The predicted molar refractivity (Wildman–Crippen MR) is 73.7 cm³/mol. The zero-order chi connectivity index (χ0) is 12.5. The van der Waals surface area contributed by atoms with E-state index in [0.717, 1.165) is 5.56 Å². The molecular weight excluding hydrogens is 353 g/mol. The summed E-state index contributed by atoms with van der Waals surface area (Å²) in [5.74, 6) is 0. The Labute approximate surface area is 115 Å². The summed E-state index contributed by atoms with van der Waals surface area (Å²) in [6, 6.07) is 6.94. The molecule has 0 N–H and O–H groups in total. The molecule has 17 heavy (non-hydrogen) atoms. The molecule has 1 aliphatic heterocycles. The third kappa shape index (κ3) is 2.98. The Bertz CT molecular complexity index is 486. The van der Waals surface area contributed by atoms with Crippen LogP contribution in [0.25, 0.3) is 0 Å². The van der Waals surface area contributed by atoms with Gasteiger partial charge in [-0.3, -0.25) is 0 Å². The number of ether oxygens (including phenoxy) is 1. The fraction of sp³-hybridized carbons (Fsp3) is 0.455. The molecule has 0 aromatic heterocycles. The minimum atomic E-state index is -3.36. The number of morpholine rings is 1. The third-order valence-corrected chi connectivity index (χ3v) is 5.28. The second-order valence-electron chi connectivity index (χ2n) is 3.96. The van der Waals surface area contributed by atoms with Crippen LogP contribution in [0.3, 0.4) is 0 Å². The molecule has 1 aliphatic rings.